The first kappa shape index (κ1) is 16.8. The molecule has 134 valence electrons. The minimum Gasteiger partial charge on any atom is -0.477 e. The molecule has 4 rings (SSSR count). The fourth-order valence-electron chi connectivity index (χ4n) is 2.99. The molecule has 27 heavy (non-hydrogen) atoms. The Morgan fingerprint density at radius 1 is 0.926 bits per heavy atom. The summed E-state index contributed by atoms with van der Waals surface area (Å²) in [7, 11) is 0. The van der Waals surface area contributed by atoms with E-state index in [1.165, 1.54) is 0 Å². The molecule has 5 heteroatoms. The topological polar surface area (TPSA) is 67.4 Å². The van der Waals surface area contributed by atoms with Gasteiger partial charge in [0, 0.05) is 5.56 Å². The predicted octanol–water partition coefficient (Wildman–Crippen LogP) is 3.48. The van der Waals surface area contributed by atoms with Crippen LogP contribution in [-0.4, -0.2) is 24.5 Å². The first-order valence-corrected chi connectivity index (χ1v) is 8.71. The lowest BCUT2D eigenvalue weighted by molar-refractivity contribution is -0.123. The first-order chi connectivity index (χ1) is 13.2. The highest BCUT2D eigenvalue weighted by atomic mass is 16.5. The largest absolute Gasteiger partial charge is 0.477 e. The number of hydrogen-bond acceptors (Lipinski definition) is 3. The summed E-state index contributed by atoms with van der Waals surface area (Å²) < 4.78 is 5.70. The van der Waals surface area contributed by atoms with Gasteiger partial charge in [-0.25, -0.2) is 0 Å². The van der Waals surface area contributed by atoms with E-state index in [9.17, 15) is 9.59 Å². The summed E-state index contributed by atoms with van der Waals surface area (Å²) in [5.74, 6) is 0.0810. The summed E-state index contributed by atoms with van der Waals surface area (Å²) >= 11 is 0. The number of fused-ring (bicyclic) bond motifs is 1. The molecule has 0 aromatic heterocycles. The van der Waals surface area contributed by atoms with Crippen LogP contribution in [0.2, 0.25) is 0 Å². The van der Waals surface area contributed by atoms with E-state index in [4.69, 9.17) is 4.74 Å². The number of carbonyl (C=O) groups excluding carboxylic acids is 2. The Hall–Kier alpha value is -3.60. The molecule has 3 aromatic carbocycles. The van der Waals surface area contributed by atoms with Gasteiger partial charge in [-0.1, -0.05) is 54.6 Å². The van der Waals surface area contributed by atoms with Gasteiger partial charge < -0.3 is 15.4 Å². The average Bonchev–Trinajstić information content (AvgIpc) is 2.72. The van der Waals surface area contributed by atoms with Crippen molar-refractivity contribution >= 4 is 17.5 Å². The van der Waals surface area contributed by atoms with Gasteiger partial charge in [-0.3, -0.25) is 9.59 Å². The molecule has 0 saturated carbocycles. The van der Waals surface area contributed by atoms with Crippen molar-refractivity contribution in [3.63, 3.8) is 0 Å². The smallest absolute Gasteiger partial charge is 0.267 e. The minimum atomic E-state index is -0.763. The van der Waals surface area contributed by atoms with Crippen molar-refractivity contribution < 1.29 is 14.3 Å². The van der Waals surface area contributed by atoms with E-state index in [0.717, 1.165) is 11.1 Å². The van der Waals surface area contributed by atoms with Crippen molar-refractivity contribution in [3.8, 4) is 16.9 Å². The lowest BCUT2D eigenvalue weighted by Gasteiger charge is -2.25. The van der Waals surface area contributed by atoms with Gasteiger partial charge in [-0.2, -0.15) is 0 Å². The van der Waals surface area contributed by atoms with E-state index >= 15 is 0 Å². The molecule has 1 atom stereocenters. The van der Waals surface area contributed by atoms with Crippen LogP contribution in [0, 0.1) is 0 Å². The number of carbonyl (C=O) groups is 2. The third-order valence-corrected chi connectivity index (χ3v) is 4.39. The van der Waals surface area contributed by atoms with Gasteiger partial charge in [0.15, 0.2) is 6.10 Å². The van der Waals surface area contributed by atoms with Gasteiger partial charge in [0.25, 0.3) is 11.8 Å². The molecule has 1 heterocycles. The number of amides is 2. The molecule has 1 unspecified atom stereocenters. The Labute approximate surface area is 157 Å². The molecule has 0 aliphatic carbocycles. The van der Waals surface area contributed by atoms with Crippen molar-refractivity contribution in [2.24, 2.45) is 0 Å². The molecule has 2 amide bonds. The highest BCUT2D eigenvalue weighted by molar-refractivity contribution is 5.99. The fraction of sp³-hybridized carbons (Fsp3) is 0.0909. The second kappa shape index (κ2) is 7.33. The van der Waals surface area contributed by atoms with Crippen molar-refractivity contribution in [2.75, 3.05) is 11.9 Å². The summed E-state index contributed by atoms with van der Waals surface area (Å²) in [5, 5.41) is 5.57. The molecule has 1 aliphatic rings. The van der Waals surface area contributed by atoms with E-state index in [0.29, 0.717) is 17.0 Å². The van der Waals surface area contributed by atoms with Crippen LogP contribution in [0.15, 0.2) is 78.9 Å². The van der Waals surface area contributed by atoms with Gasteiger partial charge in [-0.05, 0) is 35.4 Å². The molecule has 0 radical (unpaired) electrons. The zero-order valence-electron chi connectivity index (χ0n) is 14.5. The number of para-hydroxylation sites is 2. The first-order valence-electron chi connectivity index (χ1n) is 8.71. The van der Waals surface area contributed by atoms with Crippen LogP contribution in [0.5, 0.6) is 5.75 Å². The molecular formula is C22H18N2O3. The van der Waals surface area contributed by atoms with E-state index < -0.39 is 6.10 Å². The Bertz CT molecular complexity index is 986. The third kappa shape index (κ3) is 3.67. The van der Waals surface area contributed by atoms with Crippen LogP contribution in [0.1, 0.15) is 10.4 Å². The normalized spacial score (nSPS) is 15.3. The van der Waals surface area contributed by atoms with E-state index in [1.807, 2.05) is 60.7 Å². The van der Waals surface area contributed by atoms with Gasteiger partial charge in [0.05, 0.1) is 12.2 Å². The van der Waals surface area contributed by atoms with Crippen molar-refractivity contribution in [3.05, 3.63) is 84.4 Å². The molecule has 5 nitrogen and oxygen atoms in total. The number of rotatable bonds is 4. The maximum atomic E-state index is 12.5. The van der Waals surface area contributed by atoms with Gasteiger partial charge in [0.2, 0.25) is 0 Å². The van der Waals surface area contributed by atoms with Crippen LogP contribution in [0.3, 0.4) is 0 Å². The molecule has 3 aromatic rings. The molecule has 0 spiro atoms. The maximum Gasteiger partial charge on any atom is 0.267 e. The van der Waals surface area contributed by atoms with Crippen LogP contribution in [-0.2, 0) is 4.79 Å². The minimum absolute atomic E-state index is 0.0918. The van der Waals surface area contributed by atoms with Crippen LogP contribution < -0.4 is 15.4 Å². The summed E-state index contributed by atoms with van der Waals surface area (Å²) in [6.45, 7) is 0.0918. The number of anilines is 1. The van der Waals surface area contributed by atoms with Crippen molar-refractivity contribution in [1.29, 1.82) is 0 Å². The van der Waals surface area contributed by atoms with Gasteiger partial charge >= 0.3 is 0 Å². The Morgan fingerprint density at radius 3 is 2.52 bits per heavy atom. The fourth-order valence-corrected chi connectivity index (χ4v) is 2.99. The summed E-state index contributed by atoms with van der Waals surface area (Å²) in [6.07, 6.45) is -0.763. The molecule has 1 aliphatic heterocycles. The summed E-state index contributed by atoms with van der Waals surface area (Å²) in [4.78, 5) is 24.7. The SMILES string of the molecule is O=C(NCC1Oc2ccccc2NC1=O)c1cccc(-c2ccccc2)c1. The number of nitrogens with one attached hydrogen (secondary N) is 2. The number of hydrogen-bond donors (Lipinski definition) is 2. The monoisotopic (exact) mass is 358 g/mol. The van der Waals surface area contributed by atoms with Gasteiger partial charge in [-0.15, -0.1) is 0 Å². The maximum absolute atomic E-state index is 12.5. The lowest BCUT2D eigenvalue weighted by Crippen LogP contribution is -2.45. The highest BCUT2D eigenvalue weighted by Gasteiger charge is 2.27. The zero-order valence-corrected chi connectivity index (χ0v) is 14.5. The van der Waals surface area contributed by atoms with Crippen LogP contribution in [0.4, 0.5) is 5.69 Å². The second-order valence-corrected chi connectivity index (χ2v) is 6.25. The molecule has 0 saturated heterocycles. The number of ether oxygens (including phenoxy) is 1. The molecule has 2 N–H and O–H groups in total. The molecule has 0 fully saturated rings. The average molecular weight is 358 g/mol. The predicted molar refractivity (Wildman–Crippen MR) is 104 cm³/mol. The standard InChI is InChI=1S/C22H18N2O3/c25-21(17-10-6-9-16(13-17)15-7-2-1-3-8-15)23-14-20-22(26)24-18-11-4-5-12-19(18)27-20/h1-13,20H,14H2,(H,23,25)(H,24,26). The van der Waals surface area contributed by atoms with E-state index in [1.54, 1.807) is 18.2 Å². The van der Waals surface area contributed by atoms with E-state index in [-0.39, 0.29) is 18.4 Å². The summed E-state index contributed by atoms with van der Waals surface area (Å²) in [6, 6.07) is 24.5. The lowest BCUT2D eigenvalue weighted by atomic mass is 10.0. The third-order valence-electron chi connectivity index (χ3n) is 4.39. The van der Waals surface area contributed by atoms with Crippen LogP contribution in [0.25, 0.3) is 11.1 Å². The van der Waals surface area contributed by atoms with Crippen molar-refractivity contribution in [2.45, 2.75) is 6.10 Å². The van der Waals surface area contributed by atoms with Crippen molar-refractivity contribution in [1.82, 2.24) is 5.32 Å². The zero-order chi connectivity index (χ0) is 18.6. The second-order valence-electron chi connectivity index (χ2n) is 6.25. The van der Waals surface area contributed by atoms with Crippen LogP contribution >= 0.6 is 0 Å². The molecule has 0 bridgehead atoms. The van der Waals surface area contributed by atoms with E-state index in [2.05, 4.69) is 10.6 Å². The number of benzene rings is 3. The molecular weight excluding hydrogens is 340 g/mol. The quantitative estimate of drug-likeness (QED) is 0.750. The summed E-state index contributed by atoms with van der Waals surface area (Å²) in [5.41, 5.74) is 3.18. The Morgan fingerprint density at radius 2 is 1.67 bits per heavy atom. The Kier molecular flexibility index (Phi) is 4.58. The Balaban J connectivity index is 1.44. The highest BCUT2D eigenvalue weighted by Crippen LogP contribution is 2.28. The van der Waals surface area contributed by atoms with Gasteiger partial charge in [0.1, 0.15) is 5.75 Å².